The summed E-state index contributed by atoms with van der Waals surface area (Å²) in [6, 6.07) is 4.02. The van der Waals surface area contributed by atoms with Crippen LogP contribution in [0.4, 0.5) is 10.2 Å². The maximum atomic E-state index is 13.5. The van der Waals surface area contributed by atoms with Crippen LogP contribution in [0.2, 0.25) is 0 Å². The van der Waals surface area contributed by atoms with E-state index in [2.05, 4.69) is 15.0 Å². The van der Waals surface area contributed by atoms with Gasteiger partial charge in [-0.05, 0) is 31.0 Å². The number of carbonyl (C=O) groups is 1. The number of aliphatic carboxylic acids is 1. The van der Waals surface area contributed by atoms with Gasteiger partial charge < -0.3 is 10.0 Å². The van der Waals surface area contributed by atoms with Gasteiger partial charge in [0.25, 0.3) is 0 Å². The molecule has 1 aliphatic heterocycles. The topological polar surface area (TPSA) is 83.6 Å². The van der Waals surface area contributed by atoms with Crippen molar-refractivity contribution in [3.8, 4) is 11.5 Å². The molecule has 3 aromatic rings. The van der Waals surface area contributed by atoms with E-state index < -0.39 is 12.0 Å². The molecule has 0 aromatic carbocycles. The second kappa shape index (κ2) is 5.55. The molecule has 3 aromatic heterocycles. The molecule has 0 bridgehead atoms. The highest BCUT2D eigenvalue weighted by Crippen LogP contribution is 2.26. The molecule has 0 saturated carbocycles. The molecule has 0 aliphatic carbocycles. The summed E-state index contributed by atoms with van der Waals surface area (Å²) in [4.78, 5) is 26.1. The number of carboxylic acids is 1. The number of hydrogen-bond acceptors (Lipinski definition) is 5. The monoisotopic (exact) mass is 327 g/mol. The minimum atomic E-state index is -0.857. The zero-order valence-corrected chi connectivity index (χ0v) is 12.6. The van der Waals surface area contributed by atoms with Gasteiger partial charge in [-0.2, -0.15) is 0 Å². The Morgan fingerprint density at radius 1 is 1.29 bits per heavy atom. The maximum Gasteiger partial charge on any atom is 0.326 e. The first kappa shape index (κ1) is 14.6. The fourth-order valence-corrected chi connectivity index (χ4v) is 3.05. The number of fused-ring (bicyclic) bond motifs is 1. The molecule has 0 spiro atoms. The quantitative estimate of drug-likeness (QED) is 0.792. The Morgan fingerprint density at radius 2 is 2.17 bits per heavy atom. The van der Waals surface area contributed by atoms with Crippen LogP contribution >= 0.6 is 0 Å². The average molecular weight is 327 g/mol. The zero-order chi connectivity index (χ0) is 16.7. The van der Waals surface area contributed by atoms with Crippen LogP contribution < -0.4 is 4.90 Å². The highest BCUT2D eigenvalue weighted by Gasteiger charge is 2.31. The van der Waals surface area contributed by atoms with Gasteiger partial charge in [0.15, 0.2) is 5.82 Å². The van der Waals surface area contributed by atoms with Gasteiger partial charge in [-0.3, -0.25) is 4.40 Å². The Balaban J connectivity index is 1.77. The number of halogens is 1. The second-order valence-electron chi connectivity index (χ2n) is 5.65. The number of imidazole rings is 1. The van der Waals surface area contributed by atoms with Gasteiger partial charge in [0.2, 0.25) is 0 Å². The molecule has 122 valence electrons. The minimum absolute atomic E-state index is 0.377. The number of hydrogen-bond donors (Lipinski definition) is 1. The van der Waals surface area contributed by atoms with Crippen LogP contribution in [0.25, 0.3) is 17.2 Å². The molecular weight excluding hydrogens is 313 g/mol. The van der Waals surface area contributed by atoms with Crippen molar-refractivity contribution in [1.82, 2.24) is 19.4 Å². The van der Waals surface area contributed by atoms with E-state index in [9.17, 15) is 14.3 Å². The molecule has 4 rings (SSSR count). The van der Waals surface area contributed by atoms with Crippen LogP contribution in [0, 0.1) is 5.82 Å². The molecule has 4 heterocycles. The fourth-order valence-electron chi connectivity index (χ4n) is 3.05. The fraction of sp³-hybridized carbons (Fsp3) is 0.250. The number of anilines is 1. The van der Waals surface area contributed by atoms with E-state index in [1.165, 1.54) is 12.3 Å². The van der Waals surface area contributed by atoms with Crippen LogP contribution in [-0.4, -0.2) is 43.0 Å². The van der Waals surface area contributed by atoms with Gasteiger partial charge >= 0.3 is 5.97 Å². The summed E-state index contributed by atoms with van der Waals surface area (Å²) in [5.74, 6) is -0.314. The van der Waals surface area contributed by atoms with Crippen molar-refractivity contribution in [2.45, 2.75) is 18.9 Å². The number of rotatable bonds is 3. The molecule has 1 fully saturated rings. The summed E-state index contributed by atoms with van der Waals surface area (Å²) in [5, 5.41) is 9.33. The van der Waals surface area contributed by atoms with Crippen LogP contribution in [0.1, 0.15) is 12.8 Å². The van der Waals surface area contributed by atoms with Crippen molar-refractivity contribution in [3.63, 3.8) is 0 Å². The lowest BCUT2D eigenvalue weighted by Crippen LogP contribution is -2.36. The summed E-state index contributed by atoms with van der Waals surface area (Å²) in [6.45, 7) is 0.634. The Bertz CT molecular complexity index is 926. The predicted molar refractivity (Wildman–Crippen MR) is 84.2 cm³/mol. The van der Waals surface area contributed by atoms with E-state index in [1.54, 1.807) is 33.8 Å². The first-order valence-corrected chi connectivity index (χ1v) is 7.59. The van der Waals surface area contributed by atoms with Crippen LogP contribution in [-0.2, 0) is 4.79 Å². The molecule has 1 atom stereocenters. The largest absolute Gasteiger partial charge is 0.480 e. The molecule has 1 aliphatic rings. The second-order valence-corrected chi connectivity index (χ2v) is 5.65. The molecule has 1 N–H and O–H groups in total. The van der Waals surface area contributed by atoms with Gasteiger partial charge in [0.1, 0.15) is 29.0 Å². The normalized spacial score (nSPS) is 17.5. The van der Waals surface area contributed by atoms with E-state index in [0.717, 1.165) is 6.42 Å². The molecular formula is C16H14FN5O2. The smallest absolute Gasteiger partial charge is 0.326 e. The molecule has 7 nitrogen and oxygen atoms in total. The summed E-state index contributed by atoms with van der Waals surface area (Å²) >= 11 is 0. The maximum absolute atomic E-state index is 13.5. The van der Waals surface area contributed by atoms with Crippen molar-refractivity contribution in [2.24, 2.45) is 0 Å². The van der Waals surface area contributed by atoms with E-state index >= 15 is 0 Å². The van der Waals surface area contributed by atoms with Crippen LogP contribution in [0.5, 0.6) is 0 Å². The van der Waals surface area contributed by atoms with Crippen molar-refractivity contribution >= 4 is 17.4 Å². The Morgan fingerprint density at radius 3 is 3.00 bits per heavy atom. The van der Waals surface area contributed by atoms with Crippen molar-refractivity contribution in [3.05, 3.63) is 42.6 Å². The van der Waals surface area contributed by atoms with Gasteiger partial charge in [-0.1, -0.05) is 0 Å². The zero-order valence-electron chi connectivity index (χ0n) is 12.6. The Labute approximate surface area is 136 Å². The number of carboxylic acid groups (broad SMARTS) is 1. The lowest BCUT2D eigenvalue weighted by atomic mass is 10.2. The van der Waals surface area contributed by atoms with E-state index in [-0.39, 0.29) is 5.82 Å². The third kappa shape index (κ3) is 2.36. The standard InChI is InChI=1S/C16H14FN5O2/c17-10-3-4-13-19-8-12(22(13)9-10)15-18-6-5-14(20-15)21-7-1-2-11(21)16(23)24/h3-6,8-9,11H,1-2,7H2,(H,23,24). The van der Waals surface area contributed by atoms with Crippen LogP contribution in [0.3, 0.4) is 0 Å². The molecule has 8 heteroatoms. The molecule has 1 saturated heterocycles. The Kier molecular flexibility index (Phi) is 3.37. The minimum Gasteiger partial charge on any atom is -0.480 e. The first-order valence-electron chi connectivity index (χ1n) is 7.59. The first-order chi connectivity index (χ1) is 11.6. The lowest BCUT2D eigenvalue weighted by molar-refractivity contribution is -0.138. The molecule has 0 amide bonds. The lowest BCUT2D eigenvalue weighted by Gasteiger charge is -2.22. The highest BCUT2D eigenvalue weighted by molar-refractivity contribution is 5.78. The van der Waals surface area contributed by atoms with Crippen molar-refractivity contribution in [2.75, 3.05) is 11.4 Å². The third-order valence-electron chi connectivity index (χ3n) is 4.17. The summed E-state index contributed by atoms with van der Waals surface area (Å²) in [7, 11) is 0. The predicted octanol–water partition coefficient (Wildman–Crippen LogP) is 1.98. The van der Waals surface area contributed by atoms with Crippen molar-refractivity contribution in [1.29, 1.82) is 0 Å². The van der Waals surface area contributed by atoms with Crippen molar-refractivity contribution < 1.29 is 14.3 Å². The van der Waals surface area contributed by atoms with Gasteiger partial charge in [0, 0.05) is 18.9 Å². The average Bonchev–Trinajstić information content (AvgIpc) is 3.21. The SMILES string of the molecule is O=C(O)C1CCCN1c1ccnc(-c2cnc3ccc(F)cn23)n1. The van der Waals surface area contributed by atoms with E-state index in [0.29, 0.717) is 35.9 Å². The summed E-state index contributed by atoms with van der Waals surface area (Å²) in [6.07, 6.45) is 5.87. The van der Waals surface area contributed by atoms with Gasteiger partial charge in [-0.15, -0.1) is 0 Å². The van der Waals surface area contributed by atoms with Gasteiger partial charge in [0.05, 0.1) is 6.20 Å². The van der Waals surface area contributed by atoms with E-state index in [4.69, 9.17) is 0 Å². The van der Waals surface area contributed by atoms with Gasteiger partial charge in [-0.25, -0.2) is 24.1 Å². The summed E-state index contributed by atoms with van der Waals surface area (Å²) in [5.41, 5.74) is 1.14. The van der Waals surface area contributed by atoms with Crippen LogP contribution in [0.15, 0.2) is 36.8 Å². The molecule has 0 radical (unpaired) electrons. The summed E-state index contributed by atoms with van der Waals surface area (Å²) < 4.78 is 15.1. The number of nitrogens with zero attached hydrogens (tertiary/aromatic N) is 5. The molecule has 24 heavy (non-hydrogen) atoms. The Hall–Kier alpha value is -3.03. The van der Waals surface area contributed by atoms with E-state index in [1.807, 2.05) is 0 Å². The molecule has 1 unspecified atom stereocenters. The third-order valence-corrected chi connectivity index (χ3v) is 4.17. The number of pyridine rings is 1. The highest BCUT2D eigenvalue weighted by atomic mass is 19.1. The number of aromatic nitrogens is 4.